The molecule has 0 aliphatic rings. The summed E-state index contributed by atoms with van der Waals surface area (Å²) in [5, 5.41) is 0. The van der Waals surface area contributed by atoms with Crippen LogP contribution in [0.25, 0.3) is 0 Å². The van der Waals surface area contributed by atoms with Crippen molar-refractivity contribution in [3.63, 3.8) is 0 Å². The highest BCUT2D eigenvalue weighted by Crippen LogP contribution is 2.19. The van der Waals surface area contributed by atoms with Crippen LogP contribution in [0.15, 0.2) is 48.6 Å². The van der Waals surface area contributed by atoms with Crippen LogP contribution >= 0.6 is 0 Å². The summed E-state index contributed by atoms with van der Waals surface area (Å²) in [4.78, 5) is 38.4. The van der Waals surface area contributed by atoms with Gasteiger partial charge in [0.15, 0.2) is 6.10 Å². The third kappa shape index (κ3) is 64.2. The number of unbranched alkanes of at least 4 members (excludes halogenated alkanes) is 45. The Hall–Kier alpha value is -2.63. The van der Waals surface area contributed by atoms with Gasteiger partial charge in [0, 0.05) is 19.3 Å². The molecular formula is C72H132O6. The van der Waals surface area contributed by atoms with Crippen molar-refractivity contribution in [2.24, 2.45) is 0 Å². The van der Waals surface area contributed by atoms with Gasteiger partial charge in [-0.2, -0.15) is 0 Å². The fourth-order valence-electron chi connectivity index (χ4n) is 10.4. The Balaban J connectivity index is 4.27. The fourth-order valence-corrected chi connectivity index (χ4v) is 10.4. The lowest BCUT2D eigenvalue weighted by atomic mass is 10.0. The lowest BCUT2D eigenvalue weighted by molar-refractivity contribution is -0.167. The standard InChI is InChI=1S/C72H132O6/c1-4-7-10-13-16-19-22-25-28-31-32-33-34-35-36-37-38-39-42-44-47-50-53-56-59-62-65-71(74)77-68-69(78-72(75)66-63-60-57-54-51-48-45-41-30-27-24-21-18-15-12-9-6-3)67-76-70(73)64-61-58-55-52-49-46-43-40-29-26-23-20-17-14-11-8-5-2/h9,12,18,21,27,30,45,48,69H,4-8,10-11,13-17,19-20,22-26,28-29,31-44,46-47,49-68H2,1-3H3/b12-9-,21-18-,30-27-,48-45-. The summed E-state index contributed by atoms with van der Waals surface area (Å²) in [5.74, 6) is -0.875. The van der Waals surface area contributed by atoms with Gasteiger partial charge in [0.25, 0.3) is 0 Å². The molecule has 0 N–H and O–H groups in total. The zero-order valence-corrected chi connectivity index (χ0v) is 52.5. The monoisotopic (exact) mass is 1090 g/mol. The van der Waals surface area contributed by atoms with Crippen molar-refractivity contribution >= 4 is 17.9 Å². The van der Waals surface area contributed by atoms with Crippen LogP contribution < -0.4 is 0 Å². The number of allylic oxidation sites excluding steroid dienone is 8. The Morgan fingerprint density at radius 3 is 0.782 bits per heavy atom. The van der Waals surface area contributed by atoms with Crippen molar-refractivity contribution in [3.05, 3.63) is 48.6 Å². The van der Waals surface area contributed by atoms with E-state index in [0.29, 0.717) is 19.3 Å². The molecule has 0 heterocycles. The van der Waals surface area contributed by atoms with E-state index < -0.39 is 6.10 Å². The van der Waals surface area contributed by atoms with E-state index in [1.807, 2.05) is 0 Å². The molecule has 0 spiro atoms. The summed E-state index contributed by atoms with van der Waals surface area (Å²) in [6.45, 7) is 6.58. The number of carbonyl (C=O) groups is 3. The molecule has 0 aromatic heterocycles. The molecule has 0 aromatic rings. The zero-order chi connectivity index (χ0) is 56.4. The summed E-state index contributed by atoms with van der Waals surface area (Å²) >= 11 is 0. The predicted octanol–water partition coefficient (Wildman–Crippen LogP) is 23.7. The SMILES string of the molecule is CC/C=C\C/C=C\C/C=C\C/C=C\CCCCCCC(=O)OC(COC(=O)CCCCCCCCCCCCCCCCCCC)COC(=O)CCCCCCCCCCCCCCCCCCCCCCCCCCCC. The molecule has 0 amide bonds. The summed E-state index contributed by atoms with van der Waals surface area (Å²) in [5.41, 5.74) is 0. The second-order valence-corrected chi connectivity index (χ2v) is 23.4. The number of hydrogen-bond acceptors (Lipinski definition) is 6. The highest BCUT2D eigenvalue weighted by atomic mass is 16.6. The average molecular weight is 1090 g/mol. The largest absolute Gasteiger partial charge is 0.462 e. The maximum absolute atomic E-state index is 12.9. The molecule has 0 fully saturated rings. The van der Waals surface area contributed by atoms with Crippen molar-refractivity contribution in [1.29, 1.82) is 0 Å². The molecular weight excluding hydrogens is 961 g/mol. The quantitative estimate of drug-likeness (QED) is 0.0261. The number of rotatable bonds is 64. The Morgan fingerprint density at radius 1 is 0.269 bits per heavy atom. The van der Waals surface area contributed by atoms with Gasteiger partial charge in [-0.05, 0) is 57.8 Å². The number of ether oxygens (including phenoxy) is 3. The smallest absolute Gasteiger partial charge is 0.306 e. The Morgan fingerprint density at radius 2 is 0.500 bits per heavy atom. The zero-order valence-electron chi connectivity index (χ0n) is 52.5. The Labute approximate surface area is 486 Å². The second kappa shape index (κ2) is 66.9. The third-order valence-electron chi connectivity index (χ3n) is 15.6. The van der Waals surface area contributed by atoms with Crippen LogP contribution in [0.4, 0.5) is 0 Å². The van der Waals surface area contributed by atoms with E-state index in [9.17, 15) is 14.4 Å². The first-order chi connectivity index (χ1) is 38.5. The van der Waals surface area contributed by atoms with Crippen molar-refractivity contribution < 1.29 is 28.6 Å². The maximum atomic E-state index is 12.9. The minimum absolute atomic E-state index is 0.0781. The summed E-state index contributed by atoms with van der Waals surface area (Å²) < 4.78 is 17.0. The molecule has 6 heteroatoms. The van der Waals surface area contributed by atoms with Gasteiger partial charge in [-0.3, -0.25) is 14.4 Å². The van der Waals surface area contributed by atoms with Crippen LogP contribution in [0.5, 0.6) is 0 Å². The van der Waals surface area contributed by atoms with E-state index in [1.54, 1.807) is 0 Å². The first-order valence-electron chi connectivity index (χ1n) is 34.6. The maximum Gasteiger partial charge on any atom is 0.306 e. The van der Waals surface area contributed by atoms with Gasteiger partial charge in [0.2, 0.25) is 0 Å². The Kier molecular flexibility index (Phi) is 64.6. The van der Waals surface area contributed by atoms with Gasteiger partial charge >= 0.3 is 17.9 Å². The molecule has 0 aromatic carbocycles. The third-order valence-corrected chi connectivity index (χ3v) is 15.6. The molecule has 0 radical (unpaired) electrons. The highest BCUT2D eigenvalue weighted by molar-refractivity contribution is 5.71. The van der Waals surface area contributed by atoms with E-state index in [4.69, 9.17) is 14.2 Å². The van der Waals surface area contributed by atoms with Crippen LogP contribution in [0.3, 0.4) is 0 Å². The molecule has 0 aliphatic heterocycles. The van der Waals surface area contributed by atoms with Gasteiger partial charge < -0.3 is 14.2 Å². The molecule has 0 rings (SSSR count). The second-order valence-electron chi connectivity index (χ2n) is 23.4. The van der Waals surface area contributed by atoms with E-state index in [2.05, 4.69) is 69.4 Å². The molecule has 0 saturated heterocycles. The van der Waals surface area contributed by atoms with Crippen LogP contribution in [0.1, 0.15) is 374 Å². The molecule has 1 atom stereocenters. The summed E-state index contributed by atoms with van der Waals surface area (Å²) in [7, 11) is 0. The van der Waals surface area contributed by atoms with Crippen molar-refractivity contribution in [2.75, 3.05) is 13.2 Å². The highest BCUT2D eigenvalue weighted by Gasteiger charge is 2.19. The summed E-state index contributed by atoms with van der Waals surface area (Å²) in [6, 6.07) is 0. The van der Waals surface area contributed by atoms with E-state index in [-0.39, 0.29) is 31.1 Å². The van der Waals surface area contributed by atoms with Gasteiger partial charge in [-0.25, -0.2) is 0 Å². The van der Waals surface area contributed by atoms with Crippen molar-refractivity contribution in [3.8, 4) is 0 Å². The van der Waals surface area contributed by atoms with Crippen LogP contribution in [-0.2, 0) is 28.6 Å². The van der Waals surface area contributed by atoms with E-state index in [0.717, 1.165) is 96.3 Å². The van der Waals surface area contributed by atoms with Gasteiger partial charge in [-0.1, -0.05) is 345 Å². The van der Waals surface area contributed by atoms with Gasteiger partial charge in [0.05, 0.1) is 0 Å². The minimum Gasteiger partial charge on any atom is -0.462 e. The van der Waals surface area contributed by atoms with E-state index in [1.165, 1.54) is 238 Å². The first-order valence-corrected chi connectivity index (χ1v) is 34.6. The van der Waals surface area contributed by atoms with Gasteiger partial charge in [0.1, 0.15) is 13.2 Å². The fraction of sp³-hybridized carbons (Fsp3) is 0.847. The van der Waals surface area contributed by atoms with Gasteiger partial charge in [-0.15, -0.1) is 0 Å². The van der Waals surface area contributed by atoms with Crippen molar-refractivity contribution in [1.82, 2.24) is 0 Å². The lowest BCUT2D eigenvalue weighted by Gasteiger charge is -2.18. The number of hydrogen-bond donors (Lipinski definition) is 0. The lowest BCUT2D eigenvalue weighted by Crippen LogP contribution is -2.30. The molecule has 1 unspecified atom stereocenters. The minimum atomic E-state index is -0.784. The topological polar surface area (TPSA) is 78.9 Å². The van der Waals surface area contributed by atoms with Crippen LogP contribution in [0, 0.1) is 0 Å². The van der Waals surface area contributed by atoms with Crippen LogP contribution in [-0.4, -0.2) is 37.2 Å². The molecule has 456 valence electrons. The van der Waals surface area contributed by atoms with Crippen LogP contribution in [0.2, 0.25) is 0 Å². The predicted molar refractivity (Wildman–Crippen MR) is 339 cm³/mol. The summed E-state index contributed by atoms with van der Waals surface area (Å²) in [6.07, 6.45) is 84.3. The van der Waals surface area contributed by atoms with E-state index >= 15 is 0 Å². The number of carbonyl (C=O) groups excluding carboxylic acids is 3. The molecule has 78 heavy (non-hydrogen) atoms. The van der Waals surface area contributed by atoms with Crippen molar-refractivity contribution in [2.45, 2.75) is 380 Å². The molecule has 0 bridgehead atoms. The molecule has 0 aliphatic carbocycles. The average Bonchev–Trinajstić information content (AvgIpc) is 3.44. The number of esters is 3. The molecule has 6 nitrogen and oxygen atoms in total. The Bertz CT molecular complexity index is 1350. The molecule has 0 saturated carbocycles. The first kappa shape index (κ1) is 75.4. The normalized spacial score (nSPS) is 12.3.